The minimum absolute atomic E-state index is 0.198. The van der Waals surface area contributed by atoms with Crippen LogP contribution < -0.4 is 15.2 Å². The molecule has 3 aromatic rings. The fourth-order valence-electron chi connectivity index (χ4n) is 2.60. The Morgan fingerprint density at radius 2 is 1.56 bits per heavy atom. The van der Waals surface area contributed by atoms with Gasteiger partial charge in [-0.15, -0.1) is 18.3 Å². The molecule has 166 valence electrons. The summed E-state index contributed by atoms with van der Waals surface area (Å²) in [6.45, 7) is 0.198. The molecule has 32 heavy (non-hydrogen) atoms. The van der Waals surface area contributed by atoms with Crippen LogP contribution in [0.15, 0.2) is 89.1 Å². The van der Waals surface area contributed by atoms with E-state index >= 15 is 0 Å². The molecule has 2 N–H and O–H groups in total. The third kappa shape index (κ3) is 7.99. The highest BCUT2D eigenvalue weighted by molar-refractivity contribution is 8.13. The van der Waals surface area contributed by atoms with Crippen LogP contribution in [-0.2, 0) is 12.4 Å². The summed E-state index contributed by atoms with van der Waals surface area (Å²) in [6, 6.07) is 22.5. The van der Waals surface area contributed by atoms with Crippen molar-refractivity contribution in [2.75, 3.05) is 0 Å². The van der Waals surface area contributed by atoms with Crippen LogP contribution in [0.5, 0.6) is 11.5 Å². The average molecular weight is 459 g/mol. The molecule has 0 aliphatic carbocycles. The van der Waals surface area contributed by atoms with Crippen molar-refractivity contribution >= 4 is 23.1 Å². The molecule has 0 aliphatic rings. The zero-order valence-electron chi connectivity index (χ0n) is 16.8. The van der Waals surface area contributed by atoms with Gasteiger partial charge in [0.2, 0.25) is 0 Å². The third-order valence-electron chi connectivity index (χ3n) is 4.09. The summed E-state index contributed by atoms with van der Waals surface area (Å²) in [4.78, 5) is 0. The highest BCUT2D eigenvalue weighted by Gasteiger charge is 2.30. The second kappa shape index (κ2) is 11.2. The lowest BCUT2D eigenvalue weighted by atomic mass is 10.1. The molecule has 0 heterocycles. The lowest BCUT2D eigenvalue weighted by molar-refractivity contribution is -0.274. The van der Waals surface area contributed by atoms with Crippen LogP contribution in [0.4, 0.5) is 13.2 Å². The van der Waals surface area contributed by atoms with Gasteiger partial charge in [-0.05, 0) is 35.4 Å². The first-order valence-electron chi connectivity index (χ1n) is 9.49. The van der Waals surface area contributed by atoms with Gasteiger partial charge in [-0.3, -0.25) is 0 Å². The van der Waals surface area contributed by atoms with Crippen LogP contribution in [-0.4, -0.2) is 17.7 Å². The summed E-state index contributed by atoms with van der Waals surface area (Å²) >= 11 is 1.39. The average Bonchev–Trinajstić information content (AvgIpc) is 2.78. The molecule has 0 atom stereocenters. The predicted molar refractivity (Wildman–Crippen MR) is 121 cm³/mol. The Balaban J connectivity index is 1.56. The molecule has 9 heteroatoms. The minimum atomic E-state index is -4.73. The number of nitrogens with two attached hydrogens (primary N) is 1. The standard InChI is InChI=1S/C23H20F3N3O2S/c24-23(25,26)31-21-12-10-20(11-13-21)30-15-19-9-5-4-8-18(19)14-28-29-22(27)32-16-17-6-2-1-3-7-17/h1-14H,15-16H2,(H2,27,29). The molecule has 0 fully saturated rings. The largest absolute Gasteiger partial charge is 0.573 e. The first kappa shape index (κ1) is 23.2. The molecule has 0 unspecified atom stereocenters. The van der Waals surface area contributed by atoms with E-state index in [4.69, 9.17) is 10.5 Å². The molecule has 0 saturated heterocycles. The molecule has 3 rings (SSSR count). The number of nitrogens with zero attached hydrogens (tertiary/aromatic N) is 2. The molecule has 5 nitrogen and oxygen atoms in total. The van der Waals surface area contributed by atoms with Crippen LogP contribution in [0.25, 0.3) is 0 Å². The maximum absolute atomic E-state index is 12.2. The summed E-state index contributed by atoms with van der Waals surface area (Å²) in [5.74, 6) is 0.798. The summed E-state index contributed by atoms with van der Waals surface area (Å²) in [5.41, 5.74) is 8.66. The Morgan fingerprint density at radius 3 is 2.28 bits per heavy atom. The van der Waals surface area contributed by atoms with E-state index < -0.39 is 6.36 Å². The van der Waals surface area contributed by atoms with Gasteiger partial charge in [0.1, 0.15) is 18.1 Å². The van der Waals surface area contributed by atoms with Crippen LogP contribution in [0, 0.1) is 0 Å². The van der Waals surface area contributed by atoms with Crippen molar-refractivity contribution < 1.29 is 22.6 Å². The summed E-state index contributed by atoms with van der Waals surface area (Å²) in [6.07, 6.45) is -3.15. The van der Waals surface area contributed by atoms with Gasteiger partial charge in [0.25, 0.3) is 0 Å². The molecule has 3 aromatic carbocycles. The van der Waals surface area contributed by atoms with E-state index in [9.17, 15) is 13.2 Å². The molecular weight excluding hydrogens is 439 g/mol. The topological polar surface area (TPSA) is 69.2 Å². The van der Waals surface area contributed by atoms with Crippen molar-refractivity contribution in [3.63, 3.8) is 0 Å². The van der Waals surface area contributed by atoms with E-state index in [2.05, 4.69) is 14.9 Å². The predicted octanol–water partition coefficient (Wildman–Crippen LogP) is 5.75. The Kier molecular flexibility index (Phi) is 8.15. The lowest BCUT2D eigenvalue weighted by Crippen LogP contribution is -2.16. The highest BCUT2D eigenvalue weighted by atomic mass is 32.2. The normalized spacial score (nSPS) is 12.2. The van der Waals surface area contributed by atoms with E-state index in [1.807, 2.05) is 54.6 Å². The number of benzene rings is 3. The van der Waals surface area contributed by atoms with Crippen LogP contribution in [0.1, 0.15) is 16.7 Å². The van der Waals surface area contributed by atoms with Crippen molar-refractivity contribution in [3.8, 4) is 11.5 Å². The minimum Gasteiger partial charge on any atom is -0.489 e. The van der Waals surface area contributed by atoms with Gasteiger partial charge in [-0.25, -0.2) is 0 Å². The van der Waals surface area contributed by atoms with Crippen LogP contribution >= 0.6 is 11.8 Å². The molecule has 0 aromatic heterocycles. The van der Waals surface area contributed by atoms with Gasteiger partial charge in [0, 0.05) is 11.3 Å². The van der Waals surface area contributed by atoms with Crippen molar-refractivity contribution in [1.29, 1.82) is 0 Å². The van der Waals surface area contributed by atoms with E-state index in [0.717, 1.165) is 16.7 Å². The molecule has 0 aliphatic heterocycles. The smallest absolute Gasteiger partial charge is 0.489 e. The summed E-state index contributed by atoms with van der Waals surface area (Å²) in [5, 5.41) is 8.41. The van der Waals surface area contributed by atoms with E-state index in [-0.39, 0.29) is 12.4 Å². The highest BCUT2D eigenvalue weighted by Crippen LogP contribution is 2.25. The monoisotopic (exact) mass is 459 g/mol. The van der Waals surface area contributed by atoms with Crippen LogP contribution in [0.2, 0.25) is 0 Å². The van der Waals surface area contributed by atoms with Crippen molar-refractivity contribution in [2.45, 2.75) is 18.7 Å². The number of hydrogen-bond acceptors (Lipinski definition) is 5. The Hall–Kier alpha value is -3.46. The van der Waals surface area contributed by atoms with Gasteiger partial charge in [-0.2, -0.15) is 5.10 Å². The Bertz CT molecular complexity index is 1060. The Morgan fingerprint density at radius 1 is 0.906 bits per heavy atom. The number of halogens is 3. The first-order valence-corrected chi connectivity index (χ1v) is 10.5. The number of thioether (sulfide) groups is 1. The number of amidine groups is 1. The van der Waals surface area contributed by atoms with E-state index in [1.165, 1.54) is 36.0 Å². The second-order valence-corrected chi connectivity index (χ2v) is 7.46. The van der Waals surface area contributed by atoms with Crippen molar-refractivity contribution in [1.82, 2.24) is 0 Å². The molecule has 0 saturated carbocycles. The fraction of sp³-hybridized carbons (Fsp3) is 0.130. The molecule has 0 bridgehead atoms. The number of alkyl halides is 3. The third-order valence-corrected chi connectivity index (χ3v) is 4.94. The number of hydrogen-bond donors (Lipinski definition) is 1. The maximum Gasteiger partial charge on any atom is 0.573 e. The Labute approximate surface area is 187 Å². The quantitative estimate of drug-likeness (QED) is 0.265. The van der Waals surface area contributed by atoms with Gasteiger partial charge >= 0.3 is 6.36 Å². The van der Waals surface area contributed by atoms with Crippen molar-refractivity contribution in [3.05, 3.63) is 95.6 Å². The van der Waals surface area contributed by atoms with E-state index in [0.29, 0.717) is 16.7 Å². The molecular formula is C23H20F3N3O2S. The fourth-order valence-corrected chi connectivity index (χ4v) is 3.21. The zero-order chi connectivity index (χ0) is 22.8. The summed E-state index contributed by atoms with van der Waals surface area (Å²) in [7, 11) is 0. The summed E-state index contributed by atoms with van der Waals surface area (Å²) < 4.78 is 46.2. The van der Waals surface area contributed by atoms with Gasteiger partial charge in [0.05, 0.1) is 6.21 Å². The maximum atomic E-state index is 12.2. The van der Waals surface area contributed by atoms with E-state index in [1.54, 1.807) is 6.21 Å². The van der Waals surface area contributed by atoms with Crippen molar-refractivity contribution in [2.24, 2.45) is 15.9 Å². The SMILES string of the molecule is NC(=NN=Cc1ccccc1COc1ccc(OC(F)(F)F)cc1)SCc1ccccc1. The molecule has 0 radical (unpaired) electrons. The second-order valence-electron chi connectivity index (χ2n) is 6.46. The number of rotatable bonds is 8. The van der Waals surface area contributed by atoms with Crippen LogP contribution in [0.3, 0.4) is 0 Å². The van der Waals surface area contributed by atoms with Gasteiger partial charge in [-0.1, -0.05) is 66.4 Å². The molecule has 0 spiro atoms. The lowest BCUT2D eigenvalue weighted by Gasteiger charge is -2.11. The first-order chi connectivity index (χ1) is 15.4. The zero-order valence-corrected chi connectivity index (χ0v) is 17.6. The number of ether oxygens (including phenoxy) is 2. The van der Waals surface area contributed by atoms with Gasteiger partial charge < -0.3 is 15.2 Å². The van der Waals surface area contributed by atoms with Gasteiger partial charge in [0.15, 0.2) is 5.17 Å². The molecule has 0 amide bonds.